The van der Waals surface area contributed by atoms with Crippen LogP contribution in [0.15, 0.2) is 53.7 Å². The van der Waals surface area contributed by atoms with E-state index in [0.29, 0.717) is 11.5 Å². The van der Waals surface area contributed by atoms with E-state index in [2.05, 4.69) is 28.7 Å². The summed E-state index contributed by atoms with van der Waals surface area (Å²) in [5.74, 6) is 0.276. The van der Waals surface area contributed by atoms with Crippen LogP contribution in [0.3, 0.4) is 0 Å². The summed E-state index contributed by atoms with van der Waals surface area (Å²) in [5.41, 5.74) is 2.50. The lowest BCUT2D eigenvalue weighted by Crippen LogP contribution is -2.25. The van der Waals surface area contributed by atoms with E-state index >= 15 is 0 Å². The van der Waals surface area contributed by atoms with Crippen LogP contribution in [0.4, 0.5) is 4.39 Å². The number of rotatable bonds is 7. The third-order valence-corrected chi connectivity index (χ3v) is 4.91. The summed E-state index contributed by atoms with van der Waals surface area (Å²) in [4.78, 5) is 16.8. The number of halogens is 1. The fourth-order valence-electron chi connectivity index (χ4n) is 2.72. The number of carbonyl (C=O) groups excluding carboxylic acids is 1. The second-order valence-corrected chi connectivity index (χ2v) is 7.49. The summed E-state index contributed by atoms with van der Waals surface area (Å²) < 4.78 is 15.8. The zero-order chi connectivity index (χ0) is 18.5. The molecule has 0 spiro atoms. The number of hydrogen-bond acceptors (Lipinski definition) is 3. The maximum atomic E-state index is 13.6. The molecular formula is C20H22FN3OS. The molecule has 6 heteroatoms. The topological polar surface area (TPSA) is 46.9 Å². The van der Waals surface area contributed by atoms with Gasteiger partial charge in [-0.3, -0.25) is 4.79 Å². The standard InChI is InChI=1S/C20H22FN3OS/c1-14(2)12-24-18-10-6-5-9-17(18)23-20(24)26-13-19(25)22-11-15-7-3-4-8-16(15)21/h3-10,14H,11-13H2,1-2H3,(H,22,25). The van der Waals surface area contributed by atoms with Crippen molar-refractivity contribution in [1.29, 1.82) is 0 Å². The molecule has 1 amide bonds. The van der Waals surface area contributed by atoms with Crippen LogP contribution in [-0.2, 0) is 17.9 Å². The van der Waals surface area contributed by atoms with Crippen molar-refractivity contribution in [2.45, 2.75) is 32.1 Å². The van der Waals surface area contributed by atoms with E-state index in [1.54, 1.807) is 18.2 Å². The van der Waals surface area contributed by atoms with Crippen LogP contribution in [0.25, 0.3) is 11.0 Å². The highest BCUT2D eigenvalue weighted by atomic mass is 32.2. The molecule has 26 heavy (non-hydrogen) atoms. The van der Waals surface area contributed by atoms with Crippen LogP contribution in [0.5, 0.6) is 0 Å². The maximum Gasteiger partial charge on any atom is 0.230 e. The Kier molecular flexibility index (Phi) is 5.93. The lowest BCUT2D eigenvalue weighted by molar-refractivity contribution is -0.118. The minimum atomic E-state index is -0.306. The van der Waals surface area contributed by atoms with E-state index in [9.17, 15) is 9.18 Å². The Hall–Kier alpha value is -2.34. The molecule has 4 nitrogen and oxygen atoms in total. The fraction of sp³-hybridized carbons (Fsp3) is 0.300. The van der Waals surface area contributed by atoms with Gasteiger partial charge in [0.15, 0.2) is 5.16 Å². The zero-order valence-electron chi connectivity index (χ0n) is 14.9. The van der Waals surface area contributed by atoms with Gasteiger partial charge in [-0.05, 0) is 24.1 Å². The van der Waals surface area contributed by atoms with Crippen molar-refractivity contribution in [2.24, 2.45) is 5.92 Å². The van der Waals surface area contributed by atoms with Crippen molar-refractivity contribution in [2.75, 3.05) is 5.75 Å². The lowest BCUT2D eigenvalue weighted by atomic mass is 10.2. The fourth-order valence-corrected chi connectivity index (χ4v) is 3.58. The van der Waals surface area contributed by atoms with E-state index < -0.39 is 0 Å². The van der Waals surface area contributed by atoms with Gasteiger partial charge in [-0.2, -0.15) is 0 Å². The Morgan fingerprint density at radius 1 is 1.19 bits per heavy atom. The number of fused-ring (bicyclic) bond motifs is 1. The van der Waals surface area contributed by atoms with Crippen molar-refractivity contribution < 1.29 is 9.18 Å². The molecule has 2 aromatic carbocycles. The van der Waals surface area contributed by atoms with Crippen molar-refractivity contribution >= 4 is 28.7 Å². The number of para-hydroxylation sites is 2. The normalized spacial score (nSPS) is 11.2. The largest absolute Gasteiger partial charge is 0.351 e. The van der Waals surface area contributed by atoms with E-state index in [4.69, 9.17) is 0 Å². The van der Waals surface area contributed by atoms with Crippen molar-refractivity contribution in [3.63, 3.8) is 0 Å². The van der Waals surface area contributed by atoms with E-state index in [0.717, 1.165) is 22.7 Å². The molecule has 3 aromatic rings. The number of nitrogens with zero attached hydrogens (tertiary/aromatic N) is 2. The molecule has 0 saturated heterocycles. The molecule has 136 valence electrons. The van der Waals surface area contributed by atoms with Gasteiger partial charge in [-0.15, -0.1) is 0 Å². The molecule has 0 unspecified atom stereocenters. The third kappa shape index (κ3) is 4.43. The molecule has 0 aliphatic rings. The number of hydrogen-bond donors (Lipinski definition) is 1. The second-order valence-electron chi connectivity index (χ2n) is 6.54. The summed E-state index contributed by atoms with van der Waals surface area (Å²) in [7, 11) is 0. The van der Waals surface area contributed by atoms with Gasteiger partial charge in [-0.1, -0.05) is 55.9 Å². The monoisotopic (exact) mass is 371 g/mol. The minimum absolute atomic E-state index is 0.138. The SMILES string of the molecule is CC(C)Cn1c(SCC(=O)NCc2ccccc2F)nc2ccccc21. The number of aromatic nitrogens is 2. The predicted octanol–water partition coefficient (Wildman–Crippen LogP) is 4.24. The van der Waals surface area contributed by atoms with Crippen LogP contribution in [0, 0.1) is 11.7 Å². The molecule has 0 bridgehead atoms. The molecule has 0 saturated carbocycles. The van der Waals surface area contributed by atoms with Crippen LogP contribution in [0.2, 0.25) is 0 Å². The van der Waals surface area contributed by atoms with Gasteiger partial charge in [-0.25, -0.2) is 9.37 Å². The van der Waals surface area contributed by atoms with Crippen molar-refractivity contribution in [3.8, 4) is 0 Å². The molecule has 1 aromatic heterocycles. The number of nitrogens with one attached hydrogen (secondary N) is 1. The van der Waals surface area contributed by atoms with Gasteiger partial charge in [0, 0.05) is 18.7 Å². The Bertz CT molecular complexity index is 907. The molecule has 1 heterocycles. The Labute approximate surface area is 156 Å². The molecular weight excluding hydrogens is 349 g/mol. The van der Waals surface area contributed by atoms with E-state index in [1.807, 2.05) is 24.3 Å². The van der Waals surface area contributed by atoms with Gasteiger partial charge >= 0.3 is 0 Å². The Balaban J connectivity index is 1.65. The van der Waals surface area contributed by atoms with E-state index in [1.165, 1.54) is 17.8 Å². The molecule has 0 radical (unpaired) electrons. The van der Waals surface area contributed by atoms with Crippen molar-refractivity contribution in [3.05, 3.63) is 59.9 Å². The van der Waals surface area contributed by atoms with Crippen molar-refractivity contribution in [1.82, 2.24) is 14.9 Å². The zero-order valence-corrected chi connectivity index (χ0v) is 15.7. The highest BCUT2D eigenvalue weighted by molar-refractivity contribution is 7.99. The lowest BCUT2D eigenvalue weighted by Gasteiger charge is -2.11. The number of imidazole rings is 1. The average molecular weight is 371 g/mol. The Morgan fingerprint density at radius 2 is 1.92 bits per heavy atom. The average Bonchev–Trinajstić information content (AvgIpc) is 2.96. The van der Waals surface area contributed by atoms with Gasteiger partial charge < -0.3 is 9.88 Å². The summed E-state index contributed by atoms with van der Waals surface area (Å²) in [6.45, 7) is 5.35. The molecule has 3 rings (SSSR count). The summed E-state index contributed by atoms with van der Waals surface area (Å²) in [5, 5.41) is 3.60. The highest BCUT2D eigenvalue weighted by Crippen LogP contribution is 2.25. The first-order valence-electron chi connectivity index (χ1n) is 8.62. The van der Waals surface area contributed by atoms with Crippen LogP contribution >= 0.6 is 11.8 Å². The van der Waals surface area contributed by atoms with Crippen LogP contribution in [-0.4, -0.2) is 21.2 Å². The van der Waals surface area contributed by atoms with Gasteiger partial charge in [0.2, 0.25) is 5.91 Å². The summed E-state index contributed by atoms with van der Waals surface area (Å²) in [6, 6.07) is 14.4. The molecule has 0 atom stereocenters. The molecule has 0 aliphatic carbocycles. The van der Waals surface area contributed by atoms with Gasteiger partial charge in [0.1, 0.15) is 5.82 Å². The minimum Gasteiger partial charge on any atom is -0.351 e. The van der Waals surface area contributed by atoms with E-state index in [-0.39, 0.29) is 24.0 Å². The summed E-state index contributed by atoms with van der Waals surface area (Å²) in [6.07, 6.45) is 0. The summed E-state index contributed by atoms with van der Waals surface area (Å²) >= 11 is 1.41. The van der Waals surface area contributed by atoms with Crippen LogP contribution in [0.1, 0.15) is 19.4 Å². The first-order chi connectivity index (χ1) is 12.5. The number of amides is 1. The number of thioether (sulfide) groups is 1. The number of carbonyl (C=O) groups is 1. The smallest absolute Gasteiger partial charge is 0.230 e. The number of benzene rings is 2. The van der Waals surface area contributed by atoms with Gasteiger partial charge in [0.05, 0.1) is 16.8 Å². The van der Waals surface area contributed by atoms with Gasteiger partial charge in [0.25, 0.3) is 0 Å². The Morgan fingerprint density at radius 3 is 2.69 bits per heavy atom. The molecule has 1 N–H and O–H groups in total. The second kappa shape index (κ2) is 8.36. The molecule has 0 aliphatic heterocycles. The molecule has 0 fully saturated rings. The highest BCUT2D eigenvalue weighted by Gasteiger charge is 2.14. The predicted molar refractivity (Wildman–Crippen MR) is 104 cm³/mol. The first kappa shape index (κ1) is 18.5. The maximum absolute atomic E-state index is 13.6. The third-order valence-electron chi connectivity index (χ3n) is 3.93. The first-order valence-corrected chi connectivity index (χ1v) is 9.61. The van der Waals surface area contributed by atoms with Crippen LogP contribution < -0.4 is 5.32 Å². The quantitative estimate of drug-likeness (QED) is 0.632.